The number of amides is 1. The van der Waals surface area contributed by atoms with Crippen molar-refractivity contribution in [3.05, 3.63) is 46.6 Å². The number of hydrogen-bond donors (Lipinski definition) is 0. The van der Waals surface area contributed by atoms with Gasteiger partial charge in [-0.2, -0.15) is 4.98 Å². The van der Waals surface area contributed by atoms with Gasteiger partial charge in [-0.15, -0.1) is 0 Å². The summed E-state index contributed by atoms with van der Waals surface area (Å²) in [6.07, 6.45) is 0. The lowest BCUT2D eigenvalue weighted by Crippen LogP contribution is -2.49. The molecule has 1 aromatic heterocycles. The van der Waals surface area contributed by atoms with E-state index in [9.17, 15) is 4.79 Å². The molecule has 2 aromatic rings. The Morgan fingerprint density at radius 3 is 2.52 bits per heavy atom. The predicted octanol–water partition coefficient (Wildman–Crippen LogP) is 1.84. The lowest BCUT2D eigenvalue weighted by atomic mass is 10.1. The van der Waals surface area contributed by atoms with Gasteiger partial charge in [0, 0.05) is 57.6 Å². The number of rotatable bonds is 3. The maximum Gasteiger partial charge on any atom is 0.253 e. The second-order valence-corrected chi connectivity index (χ2v) is 7.32. The number of hydrogen-bond acceptors (Lipinski definition) is 6. The summed E-state index contributed by atoms with van der Waals surface area (Å²) in [7, 11) is 3.95. The van der Waals surface area contributed by atoms with Crippen LogP contribution in [0.3, 0.4) is 0 Å². The van der Waals surface area contributed by atoms with E-state index in [1.54, 1.807) is 0 Å². The molecule has 0 aliphatic carbocycles. The van der Waals surface area contributed by atoms with Crippen LogP contribution in [0.2, 0.25) is 0 Å². The van der Waals surface area contributed by atoms with Crippen molar-refractivity contribution in [2.75, 3.05) is 50.1 Å². The molecule has 1 saturated heterocycles. The van der Waals surface area contributed by atoms with Crippen LogP contribution in [-0.4, -0.2) is 61.0 Å². The van der Waals surface area contributed by atoms with Gasteiger partial charge < -0.3 is 19.4 Å². The van der Waals surface area contributed by atoms with Gasteiger partial charge in [-0.05, 0) is 30.2 Å². The second kappa shape index (κ2) is 7.15. The van der Waals surface area contributed by atoms with E-state index < -0.39 is 0 Å². The molecule has 1 fully saturated rings. The quantitative estimate of drug-likeness (QED) is 0.825. The smallest absolute Gasteiger partial charge is 0.253 e. The third kappa shape index (κ3) is 3.60. The van der Waals surface area contributed by atoms with E-state index in [1.807, 2.05) is 55.1 Å². The van der Waals surface area contributed by atoms with Crippen LogP contribution in [0.15, 0.2) is 24.3 Å². The van der Waals surface area contributed by atoms with E-state index in [0.29, 0.717) is 26.3 Å². The van der Waals surface area contributed by atoms with Crippen molar-refractivity contribution in [2.24, 2.45) is 0 Å². The molecule has 2 aliphatic rings. The third-order valence-electron chi connectivity index (χ3n) is 5.11. The summed E-state index contributed by atoms with van der Waals surface area (Å²) in [6.45, 7) is 6.03. The van der Waals surface area contributed by atoms with Crippen LogP contribution in [-0.2, 0) is 18.0 Å². The van der Waals surface area contributed by atoms with E-state index in [0.717, 1.165) is 41.7 Å². The molecule has 142 valence electrons. The number of anilines is 2. The SMILES string of the molecule is Cc1cc(N(C)C)nc(N2CCN(C(=O)c3ccc4c(c3)COC4)CC2)n1. The summed E-state index contributed by atoms with van der Waals surface area (Å²) < 4.78 is 5.45. The summed E-state index contributed by atoms with van der Waals surface area (Å²) in [6, 6.07) is 7.87. The van der Waals surface area contributed by atoms with Crippen molar-refractivity contribution >= 4 is 17.7 Å². The fourth-order valence-electron chi connectivity index (χ4n) is 3.50. The highest BCUT2D eigenvalue weighted by Gasteiger charge is 2.25. The van der Waals surface area contributed by atoms with E-state index in [4.69, 9.17) is 4.74 Å². The largest absolute Gasteiger partial charge is 0.372 e. The van der Waals surface area contributed by atoms with Gasteiger partial charge in [-0.25, -0.2) is 4.98 Å². The Hall–Kier alpha value is -2.67. The van der Waals surface area contributed by atoms with Gasteiger partial charge in [-0.1, -0.05) is 6.07 Å². The van der Waals surface area contributed by atoms with Crippen LogP contribution < -0.4 is 9.80 Å². The first-order valence-electron chi connectivity index (χ1n) is 9.28. The molecule has 7 nitrogen and oxygen atoms in total. The molecular weight excluding hydrogens is 342 g/mol. The fraction of sp³-hybridized carbons (Fsp3) is 0.450. The van der Waals surface area contributed by atoms with Crippen molar-refractivity contribution in [2.45, 2.75) is 20.1 Å². The predicted molar refractivity (Wildman–Crippen MR) is 104 cm³/mol. The Morgan fingerprint density at radius 2 is 1.78 bits per heavy atom. The molecular formula is C20H25N5O2. The number of fused-ring (bicyclic) bond motifs is 1. The molecule has 4 rings (SSSR count). The van der Waals surface area contributed by atoms with Crippen molar-refractivity contribution in [3.8, 4) is 0 Å². The van der Waals surface area contributed by atoms with Crippen LogP contribution in [0, 0.1) is 6.92 Å². The minimum atomic E-state index is 0.0866. The van der Waals surface area contributed by atoms with Crippen LogP contribution in [0.4, 0.5) is 11.8 Å². The molecule has 0 saturated carbocycles. The molecule has 0 bridgehead atoms. The lowest BCUT2D eigenvalue weighted by Gasteiger charge is -2.35. The van der Waals surface area contributed by atoms with Crippen molar-refractivity contribution in [1.29, 1.82) is 0 Å². The highest BCUT2D eigenvalue weighted by atomic mass is 16.5. The Balaban J connectivity index is 1.44. The highest BCUT2D eigenvalue weighted by Crippen LogP contribution is 2.22. The standard InChI is InChI=1S/C20H25N5O2/c1-14-10-18(23(2)3)22-20(21-14)25-8-6-24(7-9-25)19(26)15-4-5-16-12-27-13-17(16)11-15/h4-5,10-11H,6-9,12-13H2,1-3H3. The first kappa shape index (κ1) is 17.7. The molecule has 2 aliphatic heterocycles. The number of benzene rings is 1. The van der Waals surface area contributed by atoms with Gasteiger partial charge >= 0.3 is 0 Å². The molecule has 3 heterocycles. The van der Waals surface area contributed by atoms with Gasteiger partial charge in [0.25, 0.3) is 5.91 Å². The Bertz CT molecular complexity index is 859. The molecule has 0 atom stereocenters. The van der Waals surface area contributed by atoms with Crippen LogP contribution >= 0.6 is 0 Å². The maximum atomic E-state index is 12.9. The van der Waals surface area contributed by atoms with Crippen LogP contribution in [0.5, 0.6) is 0 Å². The summed E-state index contributed by atoms with van der Waals surface area (Å²) >= 11 is 0. The first-order valence-corrected chi connectivity index (χ1v) is 9.28. The fourth-order valence-corrected chi connectivity index (χ4v) is 3.50. The number of aryl methyl sites for hydroxylation is 1. The third-order valence-corrected chi connectivity index (χ3v) is 5.11. The van der Waals surface area contributed by atoms with E-state index >= 15 is 0 Å². The van der Waals surface area contributed by atoms with Crippen molar-refractivity contribution < 1.29 is 9.53 Å². The minimum absolute atomic E-state index is 0.0866. The van der Waals surface area contributed by atoms with Crippen LogP contribution in [0.25, 0.3) is 0 Å². The highest BCUT2D eigenvalue weighted by molar-refractivity contribution is 5.94. The first-order chi connectivity index (χ1) is 13.0. The van der Waals surface area contributed by atoms with Gasteiger partial charge in [0.05, 0.1) is 13.2 Å². The van der Waals surface area contributed by atoms with Gasteiger partial charge in [0.15, 0.2) is 0 Å². The van der Waals surface area contributed by atoms with Gasteiger partial charge in [0.2, 0.25) is 5.95 Å². The Morgan fingerprint density at radius 1 is 1.04 bits per heavy atom. The molecule has 1 amide bonds. The van der Waals surface area contributed by atoms with E-state index in [1.165, 1.54) is 5.56 Å². The normalized spacial score (nSPS) is 16.4. The number of carbonyl (C=O) groups is 1. The van der Waals surface area contributed by atoms with Crippen molar-refractivity contribution in [3.63, 3.8) is 0 Å². The molecule has 7 heteroatoms. The topological polar surface area (TPSA) is 61.8 Å². The number of carbonyl (C=O) groups excluding carboxylic acids is 1. The Labute approximate surface area is 159 Å². The Kier molecular flexibility index (Phi) is 4.70. The molecule has 0 spiro atoms. The molecule has 0 N–H and O–H groups in total. The van der Waals surface area contributed by atoms with Gasteiger partial charge in [-0.3, -0.25) is 4.79 Å². The zero-order valence-electron chi connectivity index (χ0n) is 16.1. The average Bonchev–Trinajstić information content (AvgIpc) is 3.15. The molecule has 0 unspecified atom stereocenters. The number of aromatic nitrogens is 2. The summed E-state index contributed by atoms with van der Waals surface area (Å²) in [5, 5.41) is 0. The van der Waals surface area contributed by atoms with E-state index in [2.05, 4.69) is 14.9 Å². The summed E-state index contributed by atoms with van der Waals surface area (Å²) in [4.78, 5) is 28.1. The van der Waals surface area contributed by atoms with Gasteiger partial charge in [0.1, 0.15) is 5.82 Å². The molecule has 27 heavy (non-hydrogen) atoms. The average molecular weight is 367 g/mol. The zero-order chi connectivity index (χ0) is 19.0. The summed E-state index contributed by atoms with van der Waals surface area (Å²) in [5.41, 5.74) is 4.01. The molecule has 1 aromatic carbocycles. The lowest BCUT2D eigenvalue weighted by molar-refractivity contribution is 0.0746. The number of piperazine rings is 1. The zero-order valence-corrected chi connectivity index (χ0v) is 16.1. The van der Waals surface area contributed by atoms with E-state index in [-0.39, 0.29) is 5.91 Å². The number of nitrogens with zero attached hydrogens (tertiary/aromatic N) is 5. The number of ether oxygens (including phenoxy) is 1. The minimum Gasteiger partial charge on any atom is -0.372 e. The summed E-state index contributed by atoms with van der Waals surface area (Å²) in [5.74, 6) is 1.72. The van der Waals surface area contributed by atoms with Crippen LogP contribution in [0.1, 0.15) is 27.2 Å². The molecule has 0 radical (unpaired) electrons. The maximum absolute atomic E-state index is 12.9. The second-order valence-electron chi connectivity index (χ2n) is 7.32. The monoisotopic (exact) mass is 367 g/mol. The van der Waals surface area contributed by atoms with Crippen molar-refractivity contribution in [1.82, 2.24) is 14.9 Å².